The van der Waals surface area contributed by atoms with E-state index in [0.29, 0.717) is 20.5 Å². The number of aromatic carboxylic acids is 1. The minimum atomic E-state index is -1.15. The molecule has 0 amide bonds. The van der Waals surface area contributed by atoms with Gasteiger partial charge >= 0.3 is 5.97 Å². The van der Waals surface area contributed by atoms with E-state index < -0.39 is 5.97 Å². The van der Waals surface area contributed by atoms with Crippen molar-refractivity contribution in [1.82, 2.24) is 4.98 Å². The van der Waals surface area contributed by atoms with Crippen LogP contribution in [0.1, 0.15) is 10.5 Å². The number of nitrogens with two attached hydrogens (primary N) is 1. The van der Waals surface area contributed by atoms with Gasteiger partial charge in [0.25, 0.3) is 0 Å². The molecule has 0 aliphatic heterocycles. The van der Waals surface area contributed by atoms with Gasteiger partial charge in [-0.2, -0.15) is 0 Å². The fourth-order valence-corrected chi connectivity index (χ4v) is 2.65. The molecule has 0 bridgehead atoms. The van der Waals surface area contributed by atoms with E-state index in [1.165, 1.54) is 0 Å². The quantitative estimate of drug-likeness (QED) is 0.888. The monoisotopic (exact) mass is 288 g/mol. The van der Waals surface area contributed by atoms with Gasteiger partial charge in [-0.3, -0.25) is 0 Å². The van der Waals surface area contributed by atoms with Crippen LogP contribution in [0.25, 0.3) is 10.4 Å². The first-order chi connectivity index (χ1) is 8.00. The highest BCUT2D eigenvalue weighted by molar-refractivity contribution is 7.19. The van der Waals surface area contributed by atoms with Crippen molar-refractivity contribution in [2.24, 2.45) is 0 Å². The summed E-state index contributed by atoms with van der Waals surface area (Å²) in [6, 6.07) is 4.98. The average Bonchev–Trinajstić information content (AvgIpc) is 2.64. The summed E-state index contributed by atoms with van der Waals surface area (Å²) < 4.78 is 0. The second-order valence-electron chi connectivity index (χ2n) is 3.14. The number of hydrogen-bond acceptors (Lipinski definition) is 4. The zero-order valence-corrected chi connectivity index (χ0v) is 10.6. The van der Waals surface area contributed by atoms with Gasteiger partial charge in [0.1, 0.15) is 0 Å². The van der Waals surface area contributed by atoms with Gasteiger partial charge in [-0.1, -0.05) is 46.7 Å². The van der Waals surface area contributed by atoms with Gasteiger partial charge in [0, 0.05) is 5.56 Å². The molecule has 0 saturated heterocycles. The number of anilines is 1. The summed E-state index contributed by atoms with van der Waals surface area (Å²) >= 11 is 13.0. The first-order valence-electron chi connectivity index (χ1n) is 4.44. The maximum Gasteiger partial charge on any atom is 0.356 e. The number of hydrogen-bond donors (Lipinski definition) is 2. The highest BCUT2D eigenvalue weighted by atomic mass is 35.5. The third kappa shape index (κ3) is 2.22. The number of benzene rings is 1. The van der Waals surface area contributed by atoms with Crippen LogP contribution in [-0.2, 0) is 0 Å². The summed E-state index contributed by atoms with van der Waals surface area (Å²) in [5.74, 6) is -1.15. The summed E-state index contributed by atoms with van der Waals surface area (Å²) in [6.45, 7) is 0. The van der Waals surface area contributed by atoms with Gasteiger partial charge in [-0.05, 0) is 6.07 Å². The van der Waals surface area contributed by atoms with E-state index in [1.54, 1.807) is 18.2 Å². The van der Waals surface area contributed by atoms with Gasteiger partial charge < -0.3 is 10.8 Å². The van der Waals surface area contributed by atoms with Crippen LogP contribution in [0, 0.1) is 0 Å². The van der Waals surface area contributed by atoms with E-state index in [0.717, 1.165) is 11.3 Å². The van der Waals surface area contributed by atoms with Crippen molar-refractivity contribution in [3.63, 3.8) is 0 Å². The molecule has 2 aromatic rings. The highest BCUT2D eigenvalue weighted by Crippen LogP contribution is 2.39. The molecule has 1 heterocycles. The smallest absolute Gasteiger partial charge is 0.356 e. The second-order valence-corrected chi connectivity index (χ2v) is 4.95. The molecule has 0 fully saturated rings. The third-order valence-electron chi connectivity index (χ3n) is 2.04. The van der Waals surface area contributed by atoms with Gasteiger partial charge in [0.05, 0.1) is 14.9 Å². The van der Waals surface area contributed by atoms with Crippen LogP contribution in [-0.4, -0.2) is 16.1 Å². The number of aromatic nitrogens is 1. The molecule has 0 aliphatic carbocycles. The van der Waals surface area contributed by atoms with Crippen molar-refractivity contribution < 1.29 is 9.90 Å². The Balaban J connectivity index is 2.68. The number of carboxylic acid groups (broad SMARTS) is 1. The summed E-state index contributed by atoms with van der Waals surface area (Å²) in [7, 11) is 0. The minimum Gasteiger partial charge on any atom is -0.476 e. The Morgan fingerprint density at radius 3 is 2.76 bits per heavy atom. The zero-order valence-electron chi connectivity index (χ0n) is 8.28. The van der Waals surface area contributed by atoms with Crippen LogP contribution in [0.2, 0.25) is 10.0 Å². The number of carbonyl (C=O) groups is 1. The van der Waals surface area contributed by atoms with E-state index >= 15 is 0 Å². The Kier molecular flexibility index (Phi) is 3.24. The molecule has 1 aromatic carbocycles. The van der Waals surface area contributed by atoms with Crippen LogP contribution in [0.3, 0.4) is 0 Å². The largest absolute Gasteiger partial charge is 0.476 e. The number of thiazole rings is 1. The van der Waals surface area contributed by atoms with E-state index in [4.69, 9.17) is 34.0 Å². The predicted octanol–water partition coefficient (Wildman–Crippen LogP) is 3.40. The van der Waals surface area contributed by atoms with E-state index in [2.05, 4.69) is 4.98 Å². The first kappa shape index (κ1) is 12.2. The lowest BCUT2D eigenvalue weighted by molar-refractivity contribution is 0.0692. The summed E-state index contributed by atoms with van der Waals surface area (Å²) in [6.07, 6.45) is 0. The van der Waals surface area contributed by atoms with E-state index in [-0.39, 0.29) is 10.8 Å². The first-order valence-corrected chi connectivity index (χ1v) is 6.02. The highest BCUT2D eigenvalue weighted by Gasteiger charge is 2.20. The van der Waals surface area contributed by atoms with Crippen molar-refractivity contribution in [3.05, 3.63) is 33.9 Å². The lowest BCUT2D eigenvalue weighted by Gasteiger charge is -2.03. The molecule has 7 heteroatoms. The van der Waals surface area contributed by atoms with Crippen molar-refractivity contribution in [1.29, 1.82) is 0 Å². The molecule has 0 saturated carbocycles. The number of rotatable bonds is 2. The zero-order chi connectivity index (χ0) is 12.6. The molecule has 17 heavy (non-hydrogen) atoms. The molecule has 1 aromatic heterocycles. The molecule has 0 radical (unpaired) electrons. The molecule has 2 rings (SSSR count). The van der Waals surface area contributed by atoms with E-state index in [9.17, 15) is 4.79 Å². The third-order valence-corrected chi connectivity index (χ3v) is 3.78. The SMILES string of the molecule is Nc1nc(C(=O)O)c(-c2cccc(Cl)c2Cl)s1. The Bertz CT molecular complexity index is 598. The number of carboxylic acids is 1. The van der Waals surface area contributed by atoms with Crippen LogP contribution in [0.4, 0.5) is 5.13 Å². The Morgan fingerprint density at radius 1 is 1.41 bits per heavy atom. The summed E-state index contributed by atoms with van der Waals surface area (Å²) in [5, 5.41) is 9.83. The lowest BCUT2D eigenvalue weighted by atomic mass is 10.1. The topological polar surface area (TPSA) is 76.2 Å². The van der Waals surface area contributed by atoms with Crippen molar-refractivity contribution in [2.45, 2.75) is 0 Å². The Labute approximate surface area is 111 Å². The Morgan fingerprint density at radius 2 is 2.12 bits per heavy atom. The molecule has 0 unspecified atom stereocenters. The van der Waals surface area contributed by atoms with Crippen molar-refractivity contribution in [2.75, 3.05) is 5.73 Å². The molecule has 4 nitrogen and oxygen atoms in total. The van der Waals surface area contributed by atoms with E-state index in [1.807, 2.05) is 0 Å². The number of halogens is 2. The summed E-state index contributed by atoms with van der Waals surface area (Å²) in [5.41, 5.74) is 5.92. The molecular weight excluding hydrogens is 283 g/mol. The fourth-order valence-electron chi connectivity index (χ4n) is 1.34. The molecule has 0 aliphatic rings. The minimum absolute atomic E-state index is 0.114. The van der Waals surface area contributed by atoms with Crippen molar-refractivity contribution in [3.8, 4) is 10.4 Å². The predicted molar refractivity (Wildman–Crippen MR) is 68.9 cm³/mol. The number of nitrogens with zero attached hydrogens (tertiary/aromatic N) is 1. The molecular formula is C10H6Cl2N2O2S. The molecule has 3 N–H and O–H groups in total. The van der Waals surface area contributed by atoms with Crippen LogP contribution < -0.4 is 5.73 Å². The van der Waals surface area contributed by atoms with Crippen LogP contribution in [0.15, 0.2) is 18.2 Å². The standard InChI is InChI=1S/C10H6Cl2N2O2S/c11-5-3-1-2-4(6(5)12)8-7(9(15)16)14-10(13)17-8/h1-3H,(H2,13,14)(H,15,16). The molecule has 0 atom stereocenters. The van der Waals surface area contributed by atoms with Crippen molar-refractivity contribution >= 4 is 45.6 Å². The Hall–Kier alpha value is -1.30. The lowest BCUT2D eigenvalue weighted by Crippen LogP contribution is -1.99. The second kappa shape index (κ2) is 4.52. The van der Waals surface area contributed by atoms with Crippen LogP contribution >= 0.6 is 34.5 Å². The van der Waals surface area contributed by atoms with Gasteiger partial charge in [0.2, 0.25) is 0 Å². The normalized spacial score (nSPS) is 10.5. The fraction of sp³-hybridized carbons (Fsp3) is 0. The average molecular weight is 289 g/mol. The van der Waals surface area contributed by atoms with Gasteiger partial charge in [-0.25, -0.2) is 9.78 Å². The molecule has 0 spiro atoms. The van der Waals surface area contributed by atoms with Gasteiger partial charge in [0.15, 0.2) is 10.8 Å². The maximum atomic E-state index is 11.0. The maximum absolute atomic E-state index is 11.0. The number of nitrogen functional groups attached to an aromatic ring is 1. The van der Waals surface area contributed by atoms with Gasteiger partial charge in [-0.15, -0.1) is 0 Å². The van der Waals surface area contributed by atoms with Crippen LogP contribution in [0.5, 0.6) is 0 Å². The molecule has 88 valence electrons. The summed E-state index contributed by atoms with van der Waals surface area (Å²) in [4.78, 5) is 15.2.